The number of imidazole rings is 1. The first-order valence-corrected chi connectivity index (χ1v) is 11.2. The molecule has 1 aliphatic heterocycles. The average Bonchev–Trinajstić information content (AvgIpc) is 3.41. The molecule has 0 spiro atoms. The molecule has 4 rings (SSSR count). The number of methoxy groups -OCH3 is 2. The minimum absolute atomic E-state index is 0.109. The number of amides is 2. The number of aromatic amines is 1. The first-order chi connectivity index (χ1) is 15.9. The molecule has 0 aliphatic carbocycles. The molecule has 2 atom stereocenters. The van der Waals surface area contributed by atoms with Crippen molar-refractivity contribution in [2.45, 2.75) is 32.7 Å². The Labute approximate surface area is 193 Å². The Bertz CT molecular complexity index is 1120. The van der Waals surface area contributed by atoms with Crippen LogP contribution in [0.1, 0.15) is 38.6 Å². The molecule has 2 heterocycles. The summed E-state index contributed by atoms with van der Waals surface area (Å²) in [5.41, 5.74) is 2.43. The topological polar surface area (TPSA) is 96.5 Å². The van der Waals surface area contributed by atoms with Gasteiger partial charge in [-0.2, -0.15) is 0 Å². The molecule has 3 aromatic rings. The number of carbonyl (C=O) groups is 2. The quantitative estimate of drug-likeness (QED) is 0.544. The van der Waals surface area contributed by atoms with Crippen molar-refractivity contribution in [3.63, 3.8) is 0 Å². The molecule has 2 amide bonds. The van der Waals surface area contributed by atoms with E-state index in [4.69, 9.17) is 9.47 Å². The maximum absolute atomic E-state index is 13.2. The van der Waals surface area contributed by atoms with E-state index in [1.54, 1.807) is 37.3 Å². The van der Waals surface area contributed by atoms with E-state index in [1.807, 2.05) is 24.3 Å². The summed E-state index contributed by atoms with van der Waals surface area (Å²) in [6.07, 6.45) is 0.887. The third-order valence-electron chi connectivity index (χ3n) is 5.93. The van der Waals surface area contributed by atoms with Crippen molar-refractivity contribution in [2.24, 2.45) is 11.8 Å². The van der Waals surface area contributed by atoms with Crippen molar-refractivity contribution >= 4 is 28.5 Å². The Morgan fingerprint density at radius 1 is 1.21 bits per heavy atom. The molecule has 1 aliphatic rings. The van der Waals surface area contributed by atoms with Crippen molar-refractivity contribution in [3.05, 3.63) is 48.3 Å². The lowest BCUT2D eigenvalue weighted by Crippen LogP contribution is -2.36. The van der Waals surface area contributed by atoms with Crippen molar-refractivity contribution in [2.75, 3.05) is 25.7 Å². The molecule has 0 saturated carbocycles. The molecule has 0 radical (unpaired) electrons. The molecule has 1 aromatic heterocycles. The monoisotopic (exact) mass is 450 g/mol. The number of para-hydroxylation sites is 2. The Morgan fingerprint density at radius 3 is 2.70 bits per heavy atom. The second-order valence-corrected chi connectivity index (χ2v) is 8.77. The number of hydrogen-bond donors (Lipinski definition) is 2. The zero-order valence-electron chi connectivity index (χ0n) is 19.4. The van der Waals surface area contributed by atoms with Gasteiger partial charge in [-0.05, 0) is 36.6 Å². The first-order valence-electron chi connectivity index (χ1n) is 11.2. The van der Waals surface area contributed by atoms with Gasteiger partial charge in [0.15, 0.2) is 0 Å². The third kappa shape index (κ3) is 4.79. The van der Waals surface area contributed by atoms with Crippen LogP contribution in [-0.2, 0) is 9.59 Å². The number of benzene rings is 2. The Hall–Kier alpha value is -3.55. The second kappa shape index (κ2) is 9.52. The summed E-state index contributed by atoms with van der Waals surface area (Å²) >= 11 is 0. The van der Waals surface area contributed by atoms with Gasteiger partial charge in [-0.25, -0.2) is 4.98 Å². The molecule has 1 fully saturated rings. The highest BCUT2D eigenvalue weighted by Gasteiger charge is 2.37. The fourth-order valence-electron chi connectivity index (χ4n) is 4.26. The van der Waals surface area contributed by atoms with Crippen molar-refractivity contribution < 1.29 is 19.1 Å². The van der Waals surface area contributed by atoms with E-state index in [1.165, 1.54) is 0 Å². The van der Waals surface area contributed by atoms with Crippen LogP contribution < -0.4 is 19.7 Å². The van der Waals surface area contributed by atoms with Crippen LogP contribution >= 0.6 is 0 Å². The van der Waals surface area contributed by atoms with Crippen molar-refractivity contribution in [3.8, 4) is 11.5 Å². The highest BCUT2D eigenvalue weighted by atomic mass is 16.5. The first kappa shape index (κ1) is 22.6. The summed E-state index contributed by atoms with van der Waals surface area (Å²) in [4.78, 5) is 35.7. The molecule has 2 aromatic carbocycles. The average molecular weight is 451 g/mol. The fourth-order valence-corrected chi connectivity index (χ4v) is 4.26. The summed E-state index contributed by atoms with van der Waals surface area (Å²) in [5.74, 6) is 1.54. The largest absolute Gasteiger partial charge is 0.497 e. The maximum atomic E-state index is 13.2. The highest BCUT2D eigenvalue weighted by Crippen LogP contribution is 2.36. The molecule has 8 nitrogen and oxygen atoms in total. The number of anilines is 1. The van der Waals surface area contributed by atoms with Gasteiger partial charge in [0, 0.05) is 19.0 Å². The number of fused-ring (bicyclic) bond motifs is 1. The van der Waals surface area contributed by atoms with E-state index < -0.39 is 5.92 Å². The van der Waals surface area contributed by atoms with Crippen molar-refractivity contribution in [1.29, 1.82) is 0 Å². The molecular weight excluding hydrogens is 420 g/mol. The van der Waals surface area contributed by atoms with Gasteiger partial charge in [-0.1, -0.05) is 26.0 Å². The normalized spacial score (nSPS) is 16.9. The molecule has 33 heavy (non-hydrogen) atoms. The van der Waals surface area contributed by atoms with Gasteiger partial charge in [0.2, 0.25) is 11.8 Å². The SMILES string of the molecule is COc1ccc(N2C[C@@H](C(=O)N[C@H](CC(C)C)c3nc4ccccc4[nH]3)CC2=O)c(OC)c1. The zero-order chi connectivity index (χ0) is 23.5. The molecule has 0 bridgehead atoms. The van der Waals surface area contributed by atoms with Gasteiger partial charge in [0.05, 0.1) is 42.9 Å². The van der Waals surface area contributed by atoms with Crippen LogP contribution in [0.3, 0.4) is 0 Å². The van der Waals surface area contributed by atoms with Crippen LogP contribution in [0.2, 0.25) is 0 Å². The lowest BCUT2D eigenvalue weighted by atomic mass is 10.0. The number of aromatic nitrogens is 2. The third-order valence-corrected chi connectivity index (χ3v) is 5.93. The standard InChI is InChI=1S/C25H30N4O4/c1-15(2)11-20(24-26-18-7-5-6-8-19(18)27-24)28-25(31)16-12-23(30)29(14-16)21-10-9-17(32-3)13-22(21)33-4/h5-10,13,15-16,20H,11-12,14H2,1-4H3,(H,26,27)(H,28,31)/t16-,20+/m0/s1. The molecule has 1 saturated heterocycles. The van der Waals surface area contributed by atoms with Gasteiger partial charge < -0.3 is 24.7 Å². The van der Waals surface area contributed by atoms with Gasteiger partial charge in [-0.3, -0.25) is 9.59 Å². The second-order valence-electron chi connectivity index (χ2n) is 8.77. The number of carbonyl (C=O) groups excluding carboxylic acids is 2. The van der Waals surface area contributed by atoms with E-state index in [0.29, 0.717) is 29.6 Å². The Kier molecular flexibility index (Phi) is 6.53. The number of nitrogens with zero attached hydrogens (tertiary/aromatic N) is 2. The van der Waals surface area contributed by atoms with Crippen LogP contribution in [0, 0.1) is 11.8 Å². The predicted octanol–water partition coefficient (Wildman–Crippen LogP) is 3.84. The van der Waals surface area contributed by atoms with Crippen LogP contribution in [-0.4, -0.2) is 42.5 Å². The van der Waals surface area contributed by atoms with Gasteiger partial charge in [0.1, 0.15) is 17.3 Å². The molecule has 2 N–H and O–H groups in total. The van der Waals surface area contributed by atoms with Gasteiger partial charge in [-0.15, -0.1) is 0 Å². The number of ether oxygens (including phenoxy) is 2. The number of nitrogens with one attached hydrogen (secondary N) is 2. The van der Waals surface area contributed by atoms with E-state index in [-0.39, 0.29) is 24.3 Å². The van der Waals surface area contributed by atoms with Gasteiger partial charge in [0.25, 0.3) is 0 Å². The van der Waals surface area contributed by atoms with E-state index in [2.05, 4.69) is 29.1 Å². The summed E-state index contributed by atoms with van der Waals surface area (Å²) < 4.78 is 10.7. The lowest BCUT2D eigenvalue weighted by molar-refractivity contribution is -0.127. The lowest BCUT2D eigenvalue weighted by Gasteiger charge is -2.22. The summed E-state index contributed by atoms with van der Waals surface area (Å²) in [7, 11) is 3.12. The van der Waals surface area contributed by atoms with Crippen LogP contribution in [0.25, 0.3) is 11.0 Å². The van der Waals surface area contributed by atoms with Gasteiger partial charge >= 0.3 is 0 Å². The summed E-state index contributed by atoms with van der Waals surface area (Å²) in [6.45, 7) is 4.51. The molecule has 8 heteroatoms. The van der Waals surface area contributed by atoms with E-state index >= 15 is 0 Å². The Balaban J connectivity index is 1.52. The van der Waals surface area contributed by atoms with Crippen LogP contribution in [0.15, 0.2) is 42.5 Å². The zero-order valence-corrected chi connectivity index (χ0v) is 19.4. The maximum Gasteiger partial charge on any atom is 0.227 e. The summed E-state index contributed by atoms with van der Waals surface area (Å²) in [5, 5.41) is 3.14. The smallest absolute Gasteiger partial charge is 0.227 e. The highest BCUT2D eigenvalue weighted by molar-refractivity contribution is 6.01. The number of rotatable bonds is 8. The van der Waals surface area contributed by atoms with Crippen molar-refractivity contribution in [1.82, 2.24) is 15.3 Å². The summed E-state index contributed by atoms with van der Waals surface area (Å²) in [6, 6.07) is 12.8. The van der Waals surface area contributed by atoms with Crippen LogP contribution in [0.4, 0.5) is 5.69 Å². The fraction of sp³-hybridized carbons (Fsp3) is 0.400. The van der Waals surface area contributed by atoms with E-state index in [0.717, 1.165) is 23.3 Å². The predicted molar refractivity (Wildman–Crippen MR) is 126 cm³/mol. The van der Waals surface area contributed by atoms with E-state index in [9.17, 15) is 9.59 Å². The number of H-pyrrole nitrogens is 1. The minimum atomic E-state index is -0.455. The molecule has 0 unspecified atom stereocenters. The molecule has 174 valence electrons. The number of hydrogen-bond acceptors (Lipinski definition) is 5. The Morgan fingerprint density at radius 2 is 2.00 bits per heavy atom. The molecular formula is C25H30N4O4. The minimum Gasteiger partial charge on any atom is -0.497 e. The van der Waals surface area contributed by atoms with Crippen LogP contribution in [0.5, 0.6) is 11.5 Å².